The molecule has 20 heavy (non-hydrogen) atoms. The number of hydrogen-bond acceptors (Lipinski definition) is 5. The van der Waals surface area contributed by atoms with Crippen molar-refractivity contribution in [3.8, 4) is 0 Å². The van der Waals surface area contributed by atoms with Crippen LogP contribution >= 0.6 is 11.8 Å². The average Bonchev–Trinajstić information content (AvgIpc) is 2.47. The number of nitrogen functional groups attached to an aromatic ring is 1. The molecule has 0 radical (unpaired) electrons. The van der Waals surface area contributed by atoms with Gasteiger partial charge in [0.1, 0.15) is 17.2 Å². The van der Waals surface area contributed by atoms with Crippen molar-refractivity contribution in [2.75, 3.05) is 23.4 Å². The van der Waals surface area contributed by atoms with Gasteiger partial charge in [-0.15, -0.1) is 11.8 Å². The first-order valence-electron chi connectivity index (χ1n) is 6.68. The minimum atomic E-state index is 0.798. The third-order valence-corrected chi connectivity index (χ3v) is 3.62. The first-order chi connectivity index (χ1) is 9.72. The third-order valence-electron chi connectivity index (χ3n) is 2.98. The molecule has 4 nitrogen and oxygen atoms in total. The molecule has 0 spiro atoms. The summed E-state index contributed by atoms with van der Waals surface area (Å²) < 4.78 is 0. The van der Waals surface area contributed by atoms with Crippen molar-refractivity contribution < 1.29 is 0 Å². The monoisotopic (exact) mass is 288 g/mol. The van der Waals surface area contributed by atoms with Crippen LogP contribution in [0.1, 0.15) is 18.9 Å². The second kappa shape index (κ2) is 7.14. The molecule has 0 fully saturated rings. The van der Waals surface area contributed by atoms with Crippen LogP contribution in [0.5, 0.6) is 0 Å². The quantitative estimate of drug-likeness (QED) is 0.502. The van der Waals surface area contributed by atoms with Gasteiger partial charge in [0.05, 0.1) is 0 Å². The Labute approximate surface area is 124 Å². The summed E-state index contributed by atoms with van der Waals surface area (Å²) in [6, 6.07) is 10.0. The largest absolute Gasteiger partial charge is 0.399 e. The number of nitrogens with two attached hydrogens (primary N) is 1. The summed E-state index contributed by atoms with van der Waals surface area (Å²) in [7, 11) is 0. The Morgan fingerprint density at radius 1 is 1.25 bits per heavy atom. The fourth-order valence-electron chi connectivity index (χ4n) is 2.07. The molecule has 2 rings (SSSR count). The van der Waals surface area contributed by atoms with E-state index in [1.807, 2.05) is 30.5 Å². The van der Waals surface area contributed by atoms with E-state index in [0.717, 1.165) is 36.0 Å². The number of nitrogens with zero attached hydrogens (tertiary/aromatic N) is 3. The Morgan fingerprint density at radius 2 is 2.10 bits per heavy atom. The van der Waals surface area contributed by atoms with Crippen LogP contribution in [0.25, 0.3) is 0 Å². The Bertz CT molecular complexity index is 559. The fourth-order valence-corrected chi connectivity index (χ4v) is 2.45. The van der Waals surface area contributed by atoms with Crippen LogP contribution in [-0.4, -0.2) is 22.8 Å². The molecule has 0 unspecified atom stereocenters. The van der Waals surface area contributed by atoms with Crippen LogP contribution in [0.2, 0.25) is 0 Å². The van der Waals surface area contributed by atoms with E-state index in [9.17, 15) is 0 Å². The van der Waals surface area contributed by atoms with Crippen molar-refractivity contribution in [3.63, 3.8) is 0 Å². The maximum absolute atomic E-state index is 5.85. The van der Waals surface area contributed by atoms with Crippen molar-refractivity contribution in [1.29, 1.82) is 0 Å². The van der Waals surface area contributed by atoms with Crippen molar-refractivity contribution in [3.05, 3.63) is 42.2 Å². The average molecular weight is 288 g/mol. The molecule has 0 amide bonds. The van der Waals surface area contributed by atoms with Gasteiger partial charge in [-0.2, -0.15) is 0 Å². The van der Waals surface area contributed by atoms with Crippen LogP contribution < -0.4 is 10.6 Å². The van der Waals surface area contributed by atoms with Crippen LogP contribution in [0.15, 0.2) is 41.7 Å². The van der Waals surface area contributed by atoms with Gasteiger partial charge in [-0.3, -0.25) is 0 Å². The SMILES string of the molecule is CCCN(Cc1cccc(N)c1)c1cc(SC)ncn1. The van der Waals surface area contributed by atoms with Gasteiger partial charge in [0.15, 0.2) is 0 Å². The van der Waals surface area contributed by atoms with Gasteiger partial charge in [0.25, 0.3) is 0 Å². The normalized spacial score (nSPS) is 10.5. The molecular formula is C15H20N4S. The zero-order valence-corrected chi connectivity index (χ0v) is 12.7. The van der Waals surface area contributed by atoms with Crippen LogP contribution in [-0.2, 0) is 6.54 Å². The maximum Gasteiger partial charge on any atom is 0.133 e. The van der Waals surface area contributed by atoms with Gasteiger partial charge in [-0.25, -0.2) is 9.97 Å². The number of rotatable bonds is 6. The molecule has 0 saturated carbocycles. The van der Waals surface area contributed by atoms with E-state index in [4.69, 9.17) is 5.73 Å². The van der Waals surface area contributed by atoms with Crippen LogP contribution in [0, 0.1) is 0 Å². The summed E-state index contributed by atoms with van der Waals surface area (Å²) in [4.78, 5) is 10.9. The third kappa shape index (κ3) is 3.87. The van der Waals surface area contributed by atoms with Crippen molar-refractivity contribution in [2.45, 2.75) is 24.9 Å². The van der Waals surface area contributed by atoms with Crippen molar-refractivity contribution in [1.82, 2.24) is 9.97 Å². The highest BCUT2D eigenvalue weighted by Gasteiger charge is 2.09. The lowest BCUT2D eigenvalue weighted by Crippen LogP contribution is -2.24. The van der Waals surface area contributed by atoms with Crippen molar-refractivity contribution >= 4 is 23.3 Å². The summed E-state index contributed by atoms with van der Waals surface area (Å²) in [6.45, 7) is 3.94. The lowest BCUT2D eigenvalue weighted by Gasteiger charge is -2.23. The second-order valence-corrected chi connectivity index (χ2v) is 5.41. The van der Waals surface area contributed by atoms with Gasteiger partial charge in [0.2, 0.25) is 0 Å². The number of anilines is 2. The first-order valence-corrected chi connectivity index (χ1v) is 7.90. The molecule has 106 valence electrons. The number of benzene rings is 1. The topological polar surface area (TPSA) is 55.0 Å². The molecular weight excluding hydrogens is 268 g/mol. The predicted molar refractivity (Wildman–Crippen MR) is 86.0 cm³/mol. The Morgan fingerprint density at radius 3 is 2.80 bits per heavy atom. The van der Waals surface area contributed by atoms with E-state index in [0.29, 0.717) is 0 Å². The fraction of sp³-hybridized carbons (Fsp3) is 0.333. The van der Waals surface area contributed by atoms with Crippen LogP contribution in [0.4, 0.5) is 11.5 Å². The molecule has 0 atom stereocenters. The second-order valence-electron chi connectivity index (χ2n) is 4.59. The summed E-state index contributed by atoms with van der Waals surface area (Å²) in [5, 5.41) is 0.990. The Balaban J connectivity index is 2.21. The molecule has 2 aromatic rings. The molecule has 5 heteroatoms. The van der Waals surface area contributed by atoms with Gasteiger partial charge in [-0.05, 0) is 30.4 Å². The van der Waals surface area contributed by atoms with Gasteiger partial charge in [0, 0.05) is 24.8 Å². The molecule has 0 aliphatic carbocycles. The smallest absolute Gasteiger partial charge is 0.133 e. The van der Waals surface area contributed by atoms with Crippen LogP contribution in [0.3, 0.4) is 0 Å². The predicted octanol–water partition coefficient (Wildman–Crippen LogP) is 3.20. The lowest BCUT2D eigenvalue weighted by molar-refractivity contribution is 0.749. The molecule has 0 saturated heterocycles. The number of aromatic nitrogens is 2. The van der Waals surface area contributed by atoms with E-state index in [1.165, 1.54) is 5.56 Å². The first kappa shape index (κ1) is 14.7. The molecule has 2 N–H and O–H groups in total. The minimum Gasteiger partial charge on any atom is -0.399 e. The van der Waals surface area contributed by atoms with E-state index in [-0.39, 0.29) is 0 Å². The zero-order valence-electron chi connectivity index (χ0n) is 11.9. The van der Waals surface area contributed by atoms with Crippen molar-refractivity contribution in [2.24, 2.45) is 0 Å². The molecule has 1 heterocycles. The number of hydrogen-bond donors (Lipinski definition) is 1. The van der Waals surface area contributed by atoms with Gasteiger partial charge < -0.3 is 10.6 Å². The summed E-state index contributed by atoms with van der Waals surface area (Å²) in [5.74, 6) is 0.966. The van der Waals surface area contributed by atoms with E-state index >= 15 is 0 Å². The molecule has 1 aromatic heterocycles. The highest BCUT2D eigenvalue weighted by Crippen LogP contribution is 2.20. The summed E-state index contributed by atoms with van der Waals surface area (Å²) >= 11 is 1.63. The van der Waals surface area contributed by atoms with E-state index in [1.54, 1.807) is 18.1 Å². The van der Waals surface area contributed by atoms with Gasteiger partial charge in [-0.1, -0.05) is 19.1 Å². The Kier molecular flexibility index (Phi) is 5.24. The highest BCUT2D eigenvalue weighted by atomic mass is 32.2. The molecule has 0 bridgehead atoms. The zero-order chi connectivity index (χ0) is 14.4. The number of thioether (sulfide) groups is 1. The molecule has 0 aliphatic rings. The maximum atomic E-state index is 5.85. The molecule has 0 aliphatic heterocycles. The summed E-state index contributed by atoms with van der Waals surface area (Å²) in [6.07, 6.45) is 4.72. The van der Waals surface area contributed by atoms with E-state index in [2.05, 4.69) is 27.9 Å². The Hall–Kier alpha value is -1.75. The molecule has 1 aromatic carbocycles. The highest BCUT2D eigenvalue weighted by molar-refractivity contribution is 7.98. The van der Waals surface area contributed by atoms with Gasteiger partial charge >= 0.3 is 0 Å². The lowest BCUT2D eigenvalue weighted by atomic mass is 10.2. The minimum absolute atomic E-state index is 0.798. The van der Waals surface area contributed by atoms with E-state index < -0.39 is 0 Å². The standard InChI is InChI=1S/C15H20N4S/c1-3-7-19(10-12-5-4-6-13(16)8-12)14-9-15(20-2)18-11-17-14/h4-6,8-9,11H,3,7,10,16H2,1-2H3. The summed E-state index contributed by atoms with van der Waals surface area (Å²) in [5.41, 5.74) is 7.84.